The van der Waals surface area contributed by atoms with Crippen LogP contribution in [-0.2, 0) is 4.79 Å². The first kappa shape index (κ1) is 15.4. The van der Waals surface area contributed by atoms with Gasteiger partial charge >= 0.3 is 0 Å². The van der Waals surface area contributed by atoms with Gasteiger partial charge in [0.2, 0.25) is 5.91 Å². The number of nitriles is 1. The molecule has 0 radical (unpaired) electrons. The van der Waals surface area contributed by atoms with E-state index in [-0.39, 0.29) is 5.92 Å². The molecule has 1 aliphatic heterocycles. The molecule has 1 fully saturated rings. The Hall–Kier alpha value is -1.95. The van der Waals surface area contributed by atoms with Crippen molar-refractivity contribution in [2.24, 2.45) is 5.92 Å². The molecule has 0 aliphatic carbocycles. The summed E-state index contributed by atoms with van der Waals surface area (Å²) in [6.45, 7) is 0.0755. The number of aromatic nitrogens is 2. The molecule has 1 N–H and O–H groups in total. The molecule has 1 amide bonds. The maximum absolute atomic E-state index is 12.0. The Balaban J connectivity index is 1.98. The lowest BCUT2D eigenvalue weighted by Crippen LogP contribution is -2.54. The Morgan fingerprint density at radius 3 is 2.95 bits per heavy atom. The molecule has 1 aromatic heterocycles. The highest BCUT2D eigenvalue weighted by Crippen LogP contribution is 2.27. The zero-order chi connectivity index (χ0) is 15.4. The van der Waals surface area contributed by atoms with Crippen molar-refractivity contribution in [1.82, 2.24) is 15.3 Å². The summed E-state index contributed by atoms with van der Waals surface area (Å²) in [7, 11) is 0. The van der Waals surface area contributed by atoms with E-state index in [0.717, 1.165) is 0 Å². The van der Waals surface area contributed by atoms with E-state index in [0.29, 0.717) is 29.6 Å². The quantitative estimate of drug-likeness (QED) is 0.642. The number of alkyl halides is 2. The minimum Gasteiger partial charge on any atom is -0.354 e. The van der Waals surface area contributed by atoms with Crippen LogP contribution in [-0.4, -0.2) is 48.2 Å². The van der Waals surface area contributed by atoms with E-state index >= 15 is 0 Å². The van der Waals surface area contributed by atoms with Crippen molar-refractivity contribution in [3.8, 4) is 6.07 Å². The second kappa shape index (κ2) is 6.67. The molecule has 112 valence electrons. The number of hydrogen-bond donors (Lipinski definition) is 1. The van der Waals surface area contributed by atoms with E-state index in [1.165, 1.54) is 18.0 Å². The Morgan fingerprint density at radius 1 is 1.67 bits per heavy atom. The average Bonchev–Trinajstić information content (AvgIpc) is 2.43. The van der Waals surface area contributed by atoms with Crippen LogP contribution in [0.25, 0.3) is 0 Å². The summed E-state index contributed by atoms with van der Waals surface area (Å²) in [5.74, 6) is -0.276. The van der Waals surface area contributed by atoms with Gasteiger partial charge < -0.3 is 10.2 Å². The molecule has 1 saturated heterocycles. The lowest BCUT2D eigenvalue weighted by Gasteiger charge is -2.39. The van der Waals surface area contributed by atoms with Gasteiger partial charge in [0.25, 0.3) is 6.43 Å². The van der Waals surface area contributed by atoms with E-state index in [2.05, 4.69) is 15.3 Å². The largest absolute Gasteiger partial charge is 0.354 e. The fourth-order valence-corrected chi connectivity index (χ4v) is 2.25. The molecule has 21 heavy (non-hydrogen) atoms. The lowest BCUT2D eigenvalue weighted by molar-refractivity contribution is -0.126. The van der Waals surface area contributed by atoms with Crippen LogP contribution < -0.4 is 10.2 Å². The standard InChI is InChI=1S/C12H13F2N5OS/c1-21-12-17-3-7(2-15)10(18-12)19-5-8(6-19)11(20)16-4-9(13)14/h3,8-9H,4-6H2,1H3,(H,16,20). The molecule has 6 nitrogen and oxygen atoms in total. The Bertz CT molecular complexity index is 571. The van der Waals surface area contributed by atoms with Gasteiger partial charge in [0.05, 0.1) is 18.7 Å². The molecular weight excluding hydrogens is 300 g/mol. The number of amides is 1. The van der Waals surface area contributed by atoms with Gasteiger partial charge in [-0.2, -0.15) is 5.26 Å². The first-order valence-electron chi connectivity index (χ1n) is 6.17. The predicted molar refractivity (Wildman–Crippen MR) is 73.2 cm³/mol. The summed E-state index contributed by atoms with van der Waals surface area (Å²) in [5.41, 5.74) is 0.333. The second-order valence-electron chi connectivity index (χ2n) is 4.44. The second-order valence-corrected chi connectivity index (χ2v) is 5.22. The lowest BCUT2D eigenvalue weighted by atomic mass is 9.98. The monoisotopic (exact) mass is 313 g/mol. The van der Waals surface area contributed by atoms with Crippen LogP contribution in [0.2, 0.25) is 0 Å². The molecule has 0 atom stereocenters. The number of rotatable bonds is 5. The smallest absolute Gasteiger partial charge is 0.255 e. The summed E-state index contributed by atoms with van der Waals surface area (Å²) in [4.78, 5) is 21.6. The highest BCUT2D eigenvalue weighted by atomic mass is 32.2. The number of carbonyl (C=O) groups is 1. The van der Waals surface area contributed by atoms with Gasteiger partial charge in [0.15, 0.2) is 11.0 Å². The maximum atomic E-state index is 12.0. The van der Waals surface area contributed by atoms with Crippen molar-refractivity contribution in [2.45, 2.75) is 11.6 Å². The van der Waals surface area contributed by atoms with Crippen molar-refractivity contribution in [3.63, 3.8) is 0 Å². The number of thioether (sulfide) groups is 1. The summed E-state index contributed by atoms with van der Waals surface area (Å²) < 4.78 is 24.0. The molecular formula is C12H13F2N5OS. The van der Waals surface area contributed by atoms with Crippen LogP contribution in [0.1, 0.15) is 5.56 Å². The van der Waals surface area contributed by atoms with Crippen LogP contribution in [0.4, 0.5) is 14.6 Å². The number of nitrogens with zero attached hydrogens (tertiary/aromatic N) is 4. The fourth-order valence-electron chi connectivity index (χ4n) is 1.91. The number of carbonyl (C=O) groups excluding carboxylic acids is 1. The Morgan fingerprint density at radius 2 is 2.38 bits per heavy atom. The normalized spacial score (nSPS) is 14.7. The minimum absolute atomic E-state index is 0.333. The highest BCUT2D eigenvalue weighted by Gasteiger charge is 2.35. The summed E-state index contributed by atoms with van der Waals surface area (Å²) in [6.07, 6.45) is 0.710. The molecule has 0 saturated carbocycles. The zero-order valence-electron chi connectivity index (χ0n) is 11.2. The molecule has 2 rings (SSSR count). The molecule has 0 unspecified atom stereocenters. The number of halogens is 2. The Kier molecular flexibility index (Phi) is 4.90. The van der Waals surface area contributed by atoms with Crippen molar-refractivity contribution in [1.29, 1.82) is 5.26 Å². The molecule has 1 aromatic rings. The van der Waals surface area contributed by atoms with Crippen molar-refractivity contribution in [2.75, 3.05) is 30.8 Å². The van der Waals surface area contributed by atoms with Crippen molar-refractivity contribution >= 4 is 23.5 Å². The van der Waals surface area contributed by atoms with Gasteiger partial charge in [-0.3, -0.25) is 4.79 Å². The van der Waals surface area contributed by atoms with Crippen LogP contribution in [0.15, 0.2) is 11.4 Å². The minimum atomic E-state index is -2.55. The third kappa shape index (κ3) is 3.58. The summed E-state index contributed by atoms with van der Waals surface area (Å²) >= 11 is 1.35. The van der Waals surface area contributed by atoms with E-state index in [1.807, 2.05) is 12.3 Å². The molecule has 9 heteroatoms. The van der Waals surface area contributed by atoms with Crippen LogP contribution in [0.5, 0.6) is 0 Å². The molecule has 0 aromatic carbocycles. The number of nitrogens with one attached hydrogen (secondary N) is 1. The summed E-state index contributed by atoms with van der Waals surface area (Å²) in [6, 6.07) is 2.00. The van der Waals surface area contributed by atoms with Gasteiger partial charge in [-0.1, -0.05) is 11.8 Å². The van der Waals surface area contributed by atoms with Gasteiger partial charge in [-0.05, 0) is 6.26 Å². The first-order chi connectivity index (χ1) is 10.0. The van der Waals surface area contributed by atoms with Crippen LogP contribution >= 0.6 is 11.8 Å². The fraction of sp³-hybridized carbons (Fsp3) is 0.500. The molecule has 0 spiro atoms. The van der Waals surface area contributed by atoms with Crippen molar-refractivity contribution < 1.29 is 13.6 Å². The van der Waals surface area contributed by atoms with Crippen LogP contribution in [0, 0.1) is 17.2 Å². The maximum Gasteiger partial charge on any atom is 0.255 e. The predicted octanol–water partition coefficient (Wildman–Crippen LogP) is 0.888. The highest BCUT2D eigenvalue weighted by molar-refractivity contribution is 7.98. The van der Waals surface area contributed by atoms with E-state index in [9.17, 15) is 13.6 Å². The molecule has 0 bridgehead atoms. The average molecular weight is 313 g/mol. The zero-order valence-corrected chi connectivity index (χ0v) is 12.0. The van der Waals surface area contributed by atoms with Gasteiger partial charge in [-0.25, -0.2) is 18.7 Å². The van der Waals surface area contributed by atoms with Crippen molar-refractivity contribution in [3.05, 3.63) is 11.8 Å². The number of hydrogen-bond acceptors (Lipinski definition) is 6. The van der Waals surface area contributed by atoms with Gasteiger partial charge in [-0.15, -0.1) is 0 Å². The molecule has 1 aliphatic rings. The SMILES string of the molecule is CSc1ncc(C#N)c(N2CC(C(=O)NCC(F)F)C2)n1. The van der Waals surface area contributed by atoms with Gasteiger partial charge in [0, 0.05) is 13.1 Å². The van der Waals surface area contributed by atoms with E-state index < -0.39 is 18.9 Å². The van der Waals surface area contributed by atoms with E-state index in [1.54, 1.807) is 4.90 Å². The van der Waals surface area contributed by atoms with Crippen LogP contribution in [0.3, 0.4) is 0 Å². The third-order valence-corrected chi connectivity index (χ3v) is 3.59. The number of anilines is 1. The Labute approximate surface area is 124 Å². The molecule has 2 heterocycles. The first-order valence-corrected chi connectivity index (χ1v) is 7.39. The summed E-state index contributed by atoms with van der Waals surface area (Å²) in [5, 5.41) is 11.8. The topological polar surface area (TPSA) is 81.9 Å². The van der Waals surface area contributed by atoms with E-state index in [4.69, 9.17) is 5.26 Å². The van der Waals surface area contributed by atoms with Gasteiger partial charge in [0.1, 0.15) is 11.6 Å². The third-order valence-electron chi connectivity index (χ3n) is 3.03.